The number of H-pyrrole nitrogens is 1. The summed E-state index contributed by atoms with van der Waals surface area (Å²) in [5.74, 6) is -0.148. The molecule has 1 aromatic carbocycles. The van der Waals surface area contributed by atoms with E-state index in [-0.39, 0.29) is 6.42 Å². The lowest BCUT2D eigenvalue weighted by Gasteiger charge is -1.99. The molecule has 0 aliphatic rings. The second kappa shape index (κ2) is 4.82. The maximum atomic E-state index is 10.6. The number of aliphatic carboxylic acids is 1. The Bertz CT molecular complexity index is 514. The number of carboxylic acid groups (broad SMARTS) is 1. The summed E-state index contributed by atoms with van der Waals surface area (Å²) in [6, 6.07) is 8.08. The first-order valence-electron chi connectivity index (χ1n) is 5.54. The number of hydrogen-bond acceptors (Lipinski definition) is 2. The molecule has 88 valence electrons. The third-order valence-electron chi connectivity index (χ3n) is 2.61. The van der Waals surface area contributed by atoms with Crippen molar-refractivity contribution in [2.75, 3.05) is 0 Å². The number of nitrogens with zero attached hydrogens (tertiary/aromatic N) is 1. The topological polar surface area (TPSA) is 66.0 Å². The molecule has 0 saturated carbocycles. The Hall–Kier alpha value is -2.10. The van der Waals surface area contributed by atoms with E-state index >= 15 is 0 Å². The first-order chi connectivity index (χ1) is 8.19. The number of aromatic amines is 1. The van der Waals surface area contributed by atoms with Gasteiger partial charge in [0.25, 0.3) is 0 Å². The van der Waals surface area contributed by atoms with Crippen LogP contribution in [0.3, 0.4) is 0 Å². The number of carbonyl (C=O) groups is 1. The molecular weight excluding hydrogens is 216 g/mol. The molecule has 0 spiro atoms. The number of aryl methyl sites for hydroxylation is 1. The van der Waals surface area contributed by atoms with E-state index < -0.39 is 5.97 Å². The average molecular weight is 230 g/mol. The number of carboxylic acids is 1. The largest absolute Gasteiger partial charge is 0.481 e. The number of aromatic nitrogens is 2. The van der Waals surface area contributed by atoms with Crippen LogP contribution in [-0.2, 0) is 17.6 Å². The molecule has 0 amide bonds. The van der Waals surface area contributed by atoms with Crippen LogP contribution in [-0.4, -0.2) is 21.0 Å². The van der Waals surface area contributed by atoms with Gasteiger partial charge >= 0.3 is 5.97 Å². The van der Waals surface area contributed by atoms with Gasteiger partial charge in [0.05, 0.1) is 6.42 Å². The van der Waals surface area contributed by atoms with Gasteiger partial charge in [-0.05, 0) is 12.0 Å². The van der Waals surface area contributed by atoms with Crippen LogP contribution in [0.4, 0.5) is 0 Å². The molecule has 1 heterocycles. The van der Waals surface area contributed by atoms with Gasteiger partial charge in [-0.3, -0.25) is 4.79 Å². The van der Waals surface area contributed by atoms with Crippen molar-refractivity contribution >= 4 is 5.97 Å². The fourth-order valence-electron chi connectivity index (χ4n) is 1.66. The van der Waals surface area contributed by atoms with E-state index in [1.807, 2.05) is 12.1 Å². The monoisotopic (exact) mass is 230 g/mol. The summed E-state index contributed by atoms with van der Waals surface area (Å²) < 4.78 is 0. The summed E-state index contributed by atoms with van der Waals surface area (Å²) in [5.41, 5.74) is 2.86. The molecule has 2 aromatic rings. The standard InChI is InChI=1S/C13H14N2O2/c1-2-9-3-5-10(6-4-9)13-14-8-11(15-13)7-12(16)17/h3-6,8H,2,7H2,1H3,(H,14,15)(H,16,17). The molecule has 2 N–H and O–H groups in total. The van der Waals surface area contributed by atoms with E-state index in [1.165, 1.54) is 5.56 Å². The minimum atomic E-state index is -0.860. The van der Waals surface area contributed by atoms with Crippen molar-refractivity contribution in [3.05, 3.63) is 41.7 Å². The molecule has 0 aliphatic carbocycles. The molecule has 1 aromatic heterocycles. The minimum absolute atomic E-state index is 0.0277. The fourth-order valence-corrected chi connectivity index (χ4v) is 1.66. The molecule has 17 heavy (non-hydrogen) atoms. The van der Waals surface area contributed by atoms with Gasteiger partial charge in [-0.25, -0.2) is 4.98 Å². The van der Waals surface area contributed by atoms with Crippen LogP contribution in [0.1, 0.15) is 18.2 Å². The van der Waals surface area contributed by atoms with Crippen LogP contribution >= 0.6 is 0 Å². The van der Waals surface area contributed by atoms with Crippen molar-refractivity contribution in [1.29, 1.82) is 0 Å². The first kappa shape index (κ1) is 11.4. The predicted octanol–water partition coefficient (Wildman–Crippen LogP) is 2.27. The molecule has 0 fully saturated rings. The molecule has 4 nitrogen and oxygen atoms in total. The Morgan fingerprint density at radius 1 is 1.35 bits per heavy atom. The zero-order valence-electron chi connectivity index (χ0n) is 9.60. The van der Waals surface area contributed by atoms with Crippen molar-refractivity contribution in [3.8, 4) is 11.4 Å². The fraction of sp³-hybridized carbons (Fsp3) is 0.231. The van der Waals surface area contributed by atoms with E-state index in [0.29, 0.717) is 11.5 Å². The van der Waals surface area contributed by atoms with Crippen LogP contribution in [0, 0.1) is 0 Å². The van der Waals surface area contributed by atoms with Crippen LogP contribution in [0.2, 0.25) is 0 Å². The van der Waals surface area contributed by atoms with Gasteiger partial charge in [0.15, 0.2) is 0 Å². The summed E-state index contributed by atoms with van der Waals surface area (Å²) >= 11 is 0. The highest BCUT2D eigenvalue weighted by Crippen LogP contribution is 2.16. The van der Waals surface area contributed by atoms with E-state index in [9.17, 15) is 4.79 Å². The maximum absolute atomic E-state index is 10.6. The predicted molar refractivity (Wildman–Crippen MR) is 64.7 cm³/mol. The van der Waals surface area contributed by atoms with Gasteiger partial charge in [0.1, 0.15) is 5.82 Å². The molecule has 0 atom stereocenters. The molecular formula is C13H14N2O2. The molecule has 4 heteroatoms. The molecule has 0 unspecified atom stereocenters. The number of hydrogen-bond donors (Lipinski definition) is 2. The van der Waals surface area contributed by atoms with Crippen molar-refractivity contribution in [1.82, 2.24) is 9.97 Å². The van der Waals surface area contributed by atoms with Gasteiger partial charge < -0.3 is 10.1 Å². The van der Waals surface area contributed by atoms with Crippen LogP contribution < -0.4 is 0 Å². The summed E-state index contributed by atoms with van der Waals surface area (Å²) in [4.78, 5) is 17.7. The highest BCUT2D eigenvalue weighted by molar-refractivity contribution is 5.70. The third-order valence-corrected chi connectivity index (χ3v) is 2.61. The number of benzene rings is 1. The molecule has 2 rings (SSSR count). The summed E-state index contributed by atoms with van der Waals surface area (Å²) in [6.07, 6.45) is 2.54. The van der Waals surface area contributed by atoms with Gasteiger partial charge in [0.2, 0.25) is 0 Å². The highest BCUT2D eigenvalue weighted by Gasteiger charge is 2.06. The van der Waals surface area contributed by atoms with Crippen LogP contribution in [0.25, 0.3) is 11.4 Å². The highest BCUT2D eigenvalue weighted by atomic mass is 16.4. The van der Waals surface area contributed by atoms with Crippen molar-refractivity contribution < 1.29 is 9.90 Å². The van der Waals surface area contributed by atoms with Crippen molar-refractivity contribution in [2.45, 2.75) is 19.8 Å². The number of nitrogens with one attached hydrogen (secondary N) is 1. The maximum Gasteiger partial charge on any atom is 0.309 e. The SMILES string of the molecule is CCc1ccc(-c2ncc(CC(=O)O)[nH]2)cc1. The van der Waals surface area contributed by atoms with Gasteiger partial charge in [-0.2, -0.15) is 0 Å². The number of imidazole rings is 1. The Labute approximate surface area is 99.3 Å². The normalized spacial score (nSPS) is 10.4. The van der Waals surface area contributed by atoms with E-state index in [2.05, 4.69) is 29.0 Å². The summed E-state index contributed by atoms with van der Waals surface area (Å²) in [7, 11) is 0. The molecule has 0 radical (unpaired) electrons. The zero-order valence-corrected chi connectivity index (χ0v) is 9.60. The average Bonchev–Trinajstić information content (AvgIpc) is 2.77. The minimum Gasteiger partial charge on any atom is -0.481 e. The molecule has 0 aliphatic heterocycles. The molecule has 0 saturated heterocycles. The van der Waals surface area contributed by atoms with Crippen LogP contribution in [0.5, 0.6) is 0 Å². The third kappa shape index (κ3) is 2.72. The van der Waals surface area contributed by atoms with Gasteiger partial charge in [-0.1, -0.05) is 31.2 Å². The Kier molecular flexibility index (Phi) is 3.23. The zero-order chi connectivity index (χ0) is 12.3. The van der Waals surface area contributed by atoms with Gasteiger partial charge in [-0.15, -0.1) is 0 Å². The lowest BCUT2D eigenvalue weighted by molar-refractivity contribution is -0.136. The number of rotatable bonds is 4. The second-order valence-corrected chi connectivity index (χ2v) is 3.88. The summed E-state index contributed by atoms with van der Waals surface area (Å²) in [6.45, 7) is 2.10. The quantitative estimate of drug-likeness (QED) is 0.846. The Balaban J connectivity index is 2.21. The van der Waals surface area contributed by atoms with E-state index in [4.69, 9.17) is 5.11 Å². The lowest BCUT2D eigenvalue weighted by Crippen LogP contribution is -1.99. The second-order valence-electron chi connectivity index (χ2n) is 3.88. The van der Waals surface area contributed by atoms with Gasteiger partial charge in [0, 0.05) is 17.5 Å². The Morgan fingerprint density at radius 3 is 2.65 bits per heavy atom. The lowest BCUT2D eigenvalue weighted by atomic mass is 10.1. The smallest absolute Gasteiger partial charge is 0.309 e. The van der Waals surface area contributed by atoms with Crippen molar-refractivity contribution in [3.63, 3.8) is 0 Å². The van der Waals surface area contributed by atoms with Crippen LogP contribution in [0.15, 0.2) is 30.5 Å². The first-order valence-corrected chi connectivity index (χ1v) is 5.54. The van der Waals surface area contributed by atoms with Crippen molar-refractivity contribution in [2.24, 2.45) is 0 Å². The summed E-state index contributed by atoms with van der Waals surface area (Å²) in [5, 5.41) is 8.67. The van der Waals surface area contributed by atoms with E-state index in [0.717, 1.165) is 12.0 Å². The Morgan fingerprint density at radius 2 is 2.06 bits per heavy atom. The molecule has 0 bridgehead atoms. The van der Waals surface area contributed by atoms with E-state index in [1.54, 1.807) is 6.20 Å².